The van der Waals surface area contributed by atoms with Crippen LogP contribution in [0.25, 0.3) is 10.6 Å². The molecule has 0 aliphatic carbocycles. The van der Waals surface area contributed by atoms with Crippen LogP contribution in [0.4, 0.5) is 9.52 Å². The van der Waals surface area contributed by atoms with Crippen LogP contribution >= 0.6 is 22.7 Å². The molecule has 0 aliphatic heterocycles. The van der Waals surface area contributed by atoms with Crippen LogP contribution in [0.2, 0.25) is 0 Å². The largest absolute Gasteiger partial charge is 0.377 e. The van der Waals surface area contributed by atoms with Crippen LogP contribution in [-0.2, 0) is 22.6 Å². The number of amides is 1. The third-order valence-electron chi connectivity index (χ3n) is 2.98. The SMILES string of the molecule is COCc1nnc(NC(=O)Cc2csc(-c3ccccc3F)n2)s1. The molecule has 1 N–H and O–H groups in total. The number of carbonyl (C=O) groups is 1. The summed E-state index contributed by atoms with van der Waals surface area (Å²) in [6.07, 6.45) is 0.0874. The Bertz CT molecular complexity index is 849. The fourth-order valence-corrected chi connectivity index (χ4v) is 3.53. The summed E-state index contributed by atoms with van der Waals surface area (Å²) in [4.78, 5) is 16.4. The number of aromatic nitrogens is 3. The fraction of sp³-hybridized carbons (Fsp3) is 0.200. The number of nitrogens with one attached hydrogen (secondary N) is 1. The second-order valence-corrected chi connectivity index (χ2v) is 6.70. The summed E-state index contributed by atoms with van der Waals surface area (Å²) >= 11 is 2.56. The zero-order chi connectivity index (χ0) is 16.9. The topological polar surface area (TPSA) is 77.0 Å². The standard InChI is InChI=1S/C15H13FN4O2S2/c1-22-7-13-19-20-15(24-13)18-12(21)6-9-8-23-14(17-9)10-4-2-3-5-11(10)16/h2-5,8H,6-7H2,1H3,(H,18,20,21). The van der Waals surface area contributed by atoms with E-state index in [0.29, 0.717) is 33.0 Å². The van der Waals surface area contributed by atoms with Gasteiger partial charge in [-0.15, -0.1) is 21.5 Å². The van der Waals surface area contributed by atoms with E-state index in [-0.39, 0.29) is 18.1 Å². The van der Waals surface area contributed by atoms with Gasteiger partial charge in [-0.25, -0.2) is 9.37 Å². The molecular formula is C15H13FN4O2S2. The maximum Gasteiger partial charge on any atom is 0.232 e. The molecule has 2 aromatic heterocycles. The van der Waals surface area contributed by atoms with Gasteiger partial charge in [-0.05, 0) is 12.1 Å². The third-order valence-corrected chi connectivity index (χ3v) is 4.72. The molecule has 0 atom stereocenters. The molecule has 9 heteroatoms. The van der Waals surface area contributed by atoms with Crippen molar-refractivity contribution in [2.45, 2.75) is 13.0 Å². The summed E-state index contributed by atoms with van der Waals surface area (Å²) in [5.41, 5.74) is 1.01. The zero-order valence-corrected chi connectivity index (χ0v) is 14.3. The number of anilines is 1. The molecule has 0 spiro atoms. The molecule has 1 aromatic carbocycles. The Kier molecular flexibility index (Phi) is 5.24. The molecule has 2 heterocycles. The van der Waals surface area contributed by atoms with E-state index in [0.717, 1.165) is 0 Å². The second-order valence-electron chi connectivity index (χ2n) is 4.78. The summed E-state index contributed by atoms with van der Waals surface area (Å²) in [5, 5.41) is 13.8. The Balaban J connectivity index is 1.64. The monoisotopic (exact) mass is 364 g/mol. The highest BCUT2D eigenvalue weighted by molar-refractivity contribution is 7.15. The van der Waals surface area contributed by atoms with Crippen LogP contribution in [0.5, 0.6) is 0 Å². The molecule has 0 unspecified atom stereocenters. The molecule has 0 radical (unpaired) electrons. The number of thiazole rings is 1. The van der Waals surface area contributed by atoms with E-state index in [1.165, 1.54) is 28.7 Å². The van der Waals surface area contributed by atoms with Gasteiger partial charge in [0.1, 0.15) is 22.4 Å². The van der Waals surface area contributed by atoms with Crippen LogP contribution in [-0.4, -0.2) is 28.2 Å². The van der Waals surface area contributed by atoms with Crippen molar-refractivity contribution in [1.29, 1.82) is 0 Å². The van der Waals surface area contributed by atoms with Gasteiger partial charge in [-0.2, -0.15) is 0 Å². The van der Waals surface area contributed by atoms with Gasteiger partial charge in [0.15, 0.2) is 0 Å². The minimum Gasteiger partial charge on any atom is -0.377 e. The average Bonchev–Trinajstić information content (AvgIpc) is 3.18. The lowest BCUT2D eigenvalue weighted by atomic mass is 10.2. The molecule has 3 aromatic rings. The van der Waals surface area contributed by atoms with Crippen molar-refractivity contribution in [3.63, 3.8) is 0 Å². The maximum absolute atomic E-state index is 13.8. The number of hydrogen-bond acceptors (Lipinski definition) is 7. The first kappa shape index (κ1) is 16.6. The van der Waals surface area contributed by atoms with Crippen LogP contribution in [0.3, 0.4) is 0 Å². The smallest absolute Gasteiger partial charge is 0.232 e. The quantitative estimate of drug-likeness (QED) is 0.727. The van der Waals surface area contributed by atoms with Crippen LogP contribution in [0.1, 0.15) is 10.7 Å². The molecule has 0 aliphatic rings. The number of benzene rings is 1. The summed E-state index contributed by atoms with van der Waals surface area (Å²) in [6.45, 7) is 0.353. The molecule has 6 nitrogen and oxygen atoms in total. The van der Waals surface area contributed by atoms with Gasteiger partial charge in [0.2, 0.25) is 11.0 Å². The normalized spacial score (nSPS) is 10.8. The number of halogens is 1. The Morgan fingerprint density at radius 3 is 2.96 bits per heavy atom. The van der Waals surface area contributed by atoms with E-state index in [1.807, 2.05) is 0 Å². The van der Waals surface area contributed by atoms with Gasteiger partial charge >= 0.3 is 0 Å². The molecule has 0 bridgehead atoms. The third kappa shape index (κ3) is 3.99. The first-order valence-electron chi connectivity index (χ1n) is 6.96. The van der Waals surface area contributed by atoms with Crippen molar-refractivity contribution in [2.75, 3.05) is 12.4 Å². The van der Waals surface area contributed by atoms with E-state index in [1.54, 1.807) is 30.7 Å². The molecule has 24 heavy (non-hydrogen) atoms. The molecule has 0 saturated carbocycles. The molecule has 1 amide bonds. The molecule has 124 valence electrons. The predicted octanol–water partition coefficient (Wildman–Crippen LogP) is 3.13. The fourth-order valence-electron chi connectivity index (χ4n) is 1.96. The van der Waals surface area contributed by atoms with Gasteiger partial charge in [0.25, 0.3) is 0 Å². The first-order valence-corrected chi connectivity index (χ1v) is 8.66. The van der Waals surface area contributed by atoms with E-state index >= 15 is 0 Å². The van der Waals surface area contributed by atoms with Gasteiger partial charge < -0.3 is 10.1 Å². The molecule has 0 saturated heterocycles. The summed E-state index contributed by atoms with van der Waals surface area (Å²) in [7, 11) is 1.56. The van der Waals surface area contributed by atoms with E-state index in [9.17, 15) is 9.18 Å². The summed E-state index contributed by atoms with van der Waals surface area (Å²) in [6, 6.07) is 6.42. The number of ether oxygens (including phenoxy) is 1. The summed E-state index contributed by atoms with van der Waals surface area (Å²) < 4.78 is 18.7. The number of nitrogens with zero attached hydrogens (tertiary/aromatic N) is 3. The van der Waals surface area contributed by atoms with Gasteiger partial charge in [0, 0.05) is 18.1 Å². The van der Waals surface area contributed by atoms with Crippen molar-refractivity contribution in [3.8, 4) is 10.6 Å². The molecule has 3 rings (SSSR count). The minimum absolute atomic E-state index is 0.0874. The summed E-state index contributed by atoms with van der Waals surface area (Å²) in [5.74, 6) is -0.581. The minimum atomic E-state index is -0.331. The van der Waals surface area contributed by atoms with E-state index < -0.39 is 0 Å². The predicted molar refractivity (Wildman–Crippen MR) is 90.5 cm³/mol. The molecular weight excluding hydrogens is 351 g/mol. The second kappa shape index (κ2) is 7.56. The number of methoxy groups -OCH3 is 1. The van der Waals surface area contributed by atoms with Gasteiger partial charge in [-0.1, -0.05) is 23.5 Å². The van der Waals surface area contributed by atoms with Gasteiger partial charge in [-0.3, -0.25) is 4.79 Å². The number of carbonyl (C=O) groups excluding carboxylic acids is 1. The number of hydrogen-bond donors (Lipinski definition) is 1. The van der Waals surface area contributed by atoms with Crippen molar-refractivity contribution < 1.29 is 13.9 Å². The number of rotatable bonds is 6. The highest BCUT2D eigenvalue weighted by Gasteiger charge is 2.13. The Hall–Kier alpha value is -2.23. The zero-order valence-electron chi connectivity index (χ0n) is 12.7. The van der Waals surface area contributed by atoms with Crippen LogP contribution in [0.15, 0.2) is 29.6 Å². The first-order chi connectivity index (χ1) is 11.7. The highest BCUT2D eigenvalue weighted by atomic mass is 32.1. The van der Waals surface area contributed by atoms with E-state index in [2.05, 4.69) is 20.5 Å². The van der Waals surface area contributed by atoms with Crippen molar-refractivity contribution in [3.05, 3.63) is 46.2 Å². The average molecular weight is 364 g/mol. The Morgan fingerprint density at radius 1 is 1.33 bits per heavy atom. The lowest BCUT2D eigenvalue weighted by Crippen LogP contribution is -2.14. The Labute approximate surface area is 145 Å². The van der Waals surface area contributed by atoms with Gasteiger partial charge in [0.05, 0.1) is 12.1 Å². The molecule has 0 fully saturated rings. The lowest BCUT2D eigenvalue weighted by Gasteiger charge is -1.99. The highest BCUT2D eigenvalue weighted by Crippen LogP contribution is 2.26. The maximum atomic E-state index is 13.8. The van der Waals surface area contributed by atoms with Crippen molar-refractivity contribution in [2.24, 2.45) is 0 Å². The van der Waals surface area contributed by atoms with Crippen LogP contribution in [0, 0.1) is 5.82 Å². The van der Waals surface area contributed by atoms with Crippen molar-refractivity contribution >= 4 is 33.7 Å². The lowest BCUT2D eigenvalue weighted by molar-refractivity contribution is -0.115. The van der Waals surface area contributed by atoms with Crippen molar-refractivity contribution in [1.82, 2.24) is 15.2 Å². The van der Waals surface area contributed by atoms with Crippen LogP contribution < -0.4 is 5.32 Å². The van der Waals surface area contributed by atoms with E-state index in [4.69, 9.17) is 4.74 Å². The Morgan fingerprint density at radius 2 is 2.17 bits per heavy atom.